The average Bonchev–Trinajstić information content (AvgIpc) is 3.85. The molecule has 4 aromatic carbocycles. The summed E-state index contributed by atoms with van der Waals surface area (Å²) < 4.78 is 43.4. The van der Waals surface area contributed by atoms with Crippen LogP contribution in [0, 0.1) is 0 Å². The number of benzene rings is 4. The van der Waals surface area contributed by atoms with E-state index in [0.717, 1.165) is 42.4 Å². The Morgan fingerprint density at radius 1 is 0.815 bits per heavy atom. The average molecular weight is 1160 g/mol. The van der Waals surface area contributed by atoms with Crippen LogP contribution in [0.4, 0.5) is 5.69 Å². The zero-order valence-electron chi connectivity index (χ0n) is 44.9. The van der Waals surface area contributed by atoms with Gasteiger partial charge in [-0.15, -0.1) is 11.8 Å². The Labute approximate surface area is 472 Å². The highest BCUT2D eigenvalue weighted by Gasteiger charge is 2.38. The Balaban J connectivity index is 0.785. The number of phosphoric ester groups is 1. The van der Waals surface area contributed by atoms with Crippen molar-refractivity contribution in [1.82, 2.24) is 20.5 Å². The van der Waals surface area contributed by atoms with Crippen LogP contribution >= 0.6 is 19.6 Å². The molecule has 0 radical (unpaired) electrons. The van der Waals surface area contributed by atoms with Crippen LogP contribution in [0.2, 0.25) is 0 Å². The van der Waals surface area contributed by atoms with E-state index in [0.29, 0.717) is 59.2 Å². The van der Waals surface area contributed by atoms with Gasteiger partial charge in [-0.3, -0.25) is 42.7 Å². The molecule has 0 aliphatic carbocycles. The Morgan fingerprint density at radius 3 is 2.26 bits per heavy atom. The first-order valence-corrected chi connectivity index (χ1v) is 29.0. The standard InChI is InChI=1S/C56H68N7O16PS/c1-74-80(72,73)78-26-8-2-3-9-33-81-47-35-50(68)61(56(47)71)24-21-48(66)59-22-20-49(67)62-36-39-10-4-5-11-40(39)52(51(57)41-12-6-7-13-43(41)62)63(58)25-28-76-30-32-77-31-29-75-27-23-60-55(70)38-16-14-37(15-17-38)46-34-45(65)42-18-19-44(64)53(69)54(42)79-46/h4-7,10-19,34,47,64,69H,2-3,8-9,20-33,35-36,57-58H2,1H3,(H,59,66)(H,60,70)(H,72,73)/b52-51-. The minimum Gasteiger partial charge on any atom is -0.504 e. The predicted molar refractivity (Wildman–Crippen MR) is 303 cm³/mol. The minimum absolute atomic E-state index is 0.0202. The molecule has 2 unspecified atom stereocenters. The molecule has 1 saturated heterocycles. The fourth-order valence-corrected chi connectivity index (χ4v) is 10.6. The Hall–Kier alpha value is -7.12. The van der Waals surface area contributed by atoms with Crippen molar-refractivity contribution in [2.75, 3.05) is 90.2 Å². The first kappa shape index (κ1) is 61.5. The molecule has 0 bridgehead atoms. The molecular formula is C56H68N7O16PS. The van der Waals surface area contributed by atoms with E-state index in [2.05, 4.69) is 15.2 Å². The normalized spacial score (nSPS) is 15.9. The number of hydrogen-bond acceptors (Lipinski definition) is 19. The molecule has 0 spiro atoms. The fourth-order valence-electron chi connectivity index (χ4n) is 8.94. The molecule has 1 aromatic heterocycles. The molecule has 1 fully saturated rings. The number of ether oxygens (including phenoxy) is 3. The maximum absolute atomic E-state index is 14.0. The van der Waals surface area contributed by atoms with Crippen LogP contribution in [0.15, 0.2) is 100 Å². The summed E-state index contributed by atoms with van der Waals surface area (Å²) in [7, 11) is -2.88. The smallest absolute Gasteiger partial charge is 0.471 e. The molecule has 9 N–H and O–H groups in total. The summed E-state index contributed by atoms with van der Waals surface area (Å²) in [6.45, 7) is 2.39. The summed E-state index contributed by atoms with van der Waals surface area (Å²) in [4.78, 5) is 90.1. The van der Waals surface area contributed by atoms with Gasteiger partial charge in [0.05, 0.1) is 87.1 Å². The number of phenolic OH excluding ortho intramolecular Hbond substituents is 2. The molecule has 23 nitrogen and oxygen atoms in total. The first-order chi connectivity index (χ1) is 39.1. The number of phosphoric acid groups is 1. The van der Waals surface area contributed by atoms with Crippen LogP contribution in [-0.2, 0) is 53.5 Å². The SMILES string of the molecule is COP(=O)(O)OCCCCCCSC1CC(=O)N(CCC(=O)NCCC(=O)N2Cc3ccccc3/C(N(N)CCOCCOCCOCCNC(=O)c3ccc(-c4cc(=O)c5ccc(O)c(O)c5o4)cc3)=C(/N)c3ccccc32)C1=O. The van der Waals surface area contributed by atoms with E-state index < -0.39 is 35.9 Å². The molecule has 7 rings (SSSR count). The number of thioether (sulfide) groups is 1. The van der Waals surface area contributed by atoms with E-state index in [1.807, 2.05) is 42.5 Å². The molecule has 81 heavy (non-hydrogen) atoms. The maximum atomic E-state index is 14.0. The highest BCUT2D eigenvalue weighted by molar-refractivity contribution is 8.00. The van der Waals surface area contributed by atoms with Crippen molar-refractivity contribution < 1.29 is 71.3 Å². The third kappa shape index (κ3) is 17.0. The third-order valence-electron chi connectivity index (χ3n) is 13.2. The van der Waals surface area contributed by atoms with Gasteiger partial charge in [0, 0.05) is 74.3 Å². The van der Waals surface area contributed by atoms with Gasteiger partial charge in [-0.1, -0.05) is 67.4 Å². The van der Waals surface area contributed by atoms with Gasteiger partial charge in [-0.2, -0.15) is 0 Å². The van der Waals surface area contributed by atoms with E-state index in [-0.39, 0.29) is 125 Å². The van der Waals surface area contributed by atoms with Crippen molar-refractivity contribution in [3.63, 3.8) is 0 Å². The lowest BCUT2D eigenvalue weighted by molar-refractivity contribution is -0.138. The summed E-state index contributed by atoms with van der Waals surface area (Å²) in [6, 6.07) is 25.0. The monoisotopic (exact) mass is 1160 g/mol. The van der Waals surface area contributed by atoms with E-state index in [1.165, 1.54) is 35.0 Å². The second kappa shape index (κ2) is 30.1. The molecule has 2 aliphatic rings. The lowest BCUT2D eigenvalue weighted by atomic mass is 9.95. The van der Waals surface area contributed by atoms with Crippen molar-refractivity contribution in [3.8, 4) is 22.8 Å². The van der Waals surface area contributed by atoms with Crippen LogP contribution in [0.5, 0.6) is 11.5 Å². The van der Waals surface area contributed by atoms with Gasteiger partial charge in [0.2, 0.25) is 29.4 Å². The number of rotatable bonds is 31. The number of para-hydroxylation sites is 1. The molecule has 0 saturated carbocycles. The van der Waals surface area contributed by atoms with Crippen LogP contribution in [0.1, 0.15) is 72.0 Å². The van der Waals surface area contributed by atoms with Gasteiger partial charge in [-0.25, -0.2) is 10.4 Å². The molecule has 3 heterocycles. The van der Waals surface area contributed by atoms with E-state index in [1.54, 1.807) is 35.2 Å². The lowest BCUT2D eigenvalue weighted by Gasteiger charge is -2.33. The highest BCUT2D eigenvalue weighted by Crippen LogP contribution is 2.42. The number of carbonyl (C=O) groups excluding carboxylic acids is 5. The molecule has 25 heteroatoms. The van der Waals surface area contributed by atoms with Crippen LogP contribution < -0.4 is 32.5 Å². The number of nitrogens with zero attached hydrogens (tertiary/aromatic N) is 3. The number of phenols is 2. The van der Waals surface area contributed by atoms with Gasteiger partial charge in [-0.05, 0) is 54.5 Å². The first-order valence-electron chi connectivity index (χ1n) is 26.4. The number of hydrazine groups is 1. The Bertz CT molecular complexity index is 3160. The number of nitrogens with one attached hydrogen (secondary N) is 2. The van der Waals surface area contributed by atoms with Crippen LogP contribution in [0.3, 0.4) is 0 Å². The molecule has 5 aromatic rings. The van der Waals surface area contributed by atoms with Crippen LogP contribution in [-0.4, -0.2) is 145 Å². The number of nitrogens with two attached hydrogens (primary N) is 2. The minimum atomic E-state index is -3.99. The zero-order valence-corrected chi connectivity index (χ0v) is 46.6. The second-order valence-electron chi connectivity index (χ2n) is 18.8. The molecule has 2 aliphatic heterocycles. The molecule has 434 valence electrons. The zero-order chi connectivity index (χ0) is 57.9. The molecule has 5 amide bonds. The Kier molecular flexibility index (Phi) is 22.8. The lowest BCUT2D eigenvalue weighted by Crippen LogP contribution is -2.39. The van der Waals surface area contributed by atoms with E-state index in [4.69, 9.17) is 34.7 Å². The summed E-state index contributed by atoms with van der Waals surface area (Å²) >= 11 is 1.40. The highest BCUT2D eigenvalue weighted by atomic mass is 32.2. The van der Waals surface area contributed by atoms with Crippen molar-refractivity contribution in [2.24, 2.45) is 11.6 Å². The molecular weight excluding hydrogens is 1090 g/mol. The number of hydrogen-bond donors (Lipinski definition) is 7. The number of anilines is 1. The Morgan fingerprint density at radius 2 is 1.51 bits per heavy atom. The summed E-state index contributed by atoms with van der Waals surface area (Å²) in [5.74, 6) is 4.93. The van der Waals surface area contributed by atoms with Crippen molar-refractivity contribution in [1.29, 1.82) is 0 Å². The van der Waals surface area contributed by atoms with Crippen molar-refractivity contribution >= 4 is 77.2 Å². The van der Waals surface area contributed by atoms with E-state index >= 15 is 0 Å². The van der Waals surface area contributed by atoms with Crippen molar-refractivity contribution in [3.05, 3.63) is 123 Å². The summed E-state index contributed by atoms with van der Waals surface area (Å²) in [6.07, 6.45) is 2.85. The second-order valence-corrected chi connectivity index (χ2v) is 21.6. The van der Waals surface area contributed by atoms with Gasteiger partial charge < -0.3 is 60.0 Å². The van der Waals surface area contributed by atoms with Gasteiger partial charge in [0.15, 0.2) is 16.8 Å². The number of carbonyl (C=O) groups is 5. The van der Waals surface area contributed by atoms with Gasteiger partial charge >= 0.3 is 7.82 Å². The number of fused-ring (bicyclic) bond motifs is 3. The van der Waals surface area contributed by atoms with Gasteiger partial charge in [0.25, 0.3) is 5.91 Å². The fraction of sp³-hybridized carbons (Fsp3) is 0.393. The van der Waals surface area contributed by atoms with Crippen molar-refractivity contribution in [2.45, 2.75) is 56.7 Å². The van der Waals surface area contributed by atoms with Gasteiger partial charge in [0.1, 0.15) is 5.76 Å². The van der Waals surface area contributed by atoms with Crippen LogP contribution in [0.25, 0.3) is 33.7 Å². The number of amides is 5. The topological polar surface area (TPSA) is 325 Å². The van der Waals surface area contributed by atoms with E-state index in [9.17, 15) is 48.4 Å². The number of unbranched alkanes of at least 4 members (excludes halogenated alkanes) is 3. The maximum Gasteiger partial charge on any atom is 0.471 e. The number of imide groups is 1. The number of likely N-dealkylation sites (tertiary alicyclic amines) is 1. The largest absolute Gasteiger partial charge is 0.504 e. The summed E-state index contributed by atoms with van der Waals surface area (Å²) in [5, 5.41) is 26.7. The summed E-state index contributed by atoms with van der Waals surface area (Å²) in [5.41, 5.74) is 10.8. The third-order valence-corrected chi connectivity index (χ3v) is 15.5. The molecule has 2 atom stereocenters. The predicted octanol–water partition coefficient (Wildman–Crippen LogP) is 5.24. The quantitative estimate of drug-likeness (QED) is 0.00745. The number of aromatic hydroxyl groups is 2.